The maximum atomic E-state index is 13.5. The van der Waals surface area contributed by atoms with Crippen molar-refractivity contribution in [2.75, 3.05) is 26.2 Å². The maximum Gasteiger partial charge on any atom is 0.264 e. The molecule has 2 fully saturated rings. The summed E-state index contributed by atoms with van der Waals surface area (Å²) >= 11 is 1.55. The number of aryl methyl sites for hydroxylation is 3. The zero-order valence-corrected chi connectivity index (χ0v) is 19.5. The molecule has 1 aliphatic carbocycles. The van der Waals surface area contributed by atoms with Crippen LogP contribution in [0, 0.1) is 20.8 Å². The van der Waals surface area contributed by atoms with E-state index in [4.69, 9.17) is 9.97 Å². The van der Waals surface area contributed by atoms with Crippen molar-refractivity contribution in [1.29, 1.82) is 0 Å². The molecule has 1 amide bonds. The third-order valence-electron chi connectivity index (χ3n) is 6.53. The van der Waals surface area contributed by atoms with Gasteiger partial charge in [-0.05, 0) is 51.2 Å². The molecule has 5 rings (SSSR count). The van der Waals surface area contributed by atoms with E-state index < -0.39 is 0 Å². The molecule has 2 aromatic heterocycles. The van der Waals surface area contributed by atoms with Crippen LogP contribution in [0.25, 0.3) is 10.2 Å². The number of fused-ring (bicyclic) bond motifs is 1. The van der Waals surface area contributed by atoms with Gasteiger partial charge < -0.3 is 4.90 Å². The third-order valence-corrected chi connectivity index (χ3v) is 7.70. The molecule has 3 heterocycles. The highest BCUT2D eigenvalue weighted by Gasteiger charge is 2.29. The van der Waals surface area contributed by atoms with Gasteiger partial charge in [0.25, 0.3) is 5.91 Å². The second kappa shape index (κ2) is 8.32. The normalized spacial score (nSPS) is 17.8. The van der Waals surface area contributed by atoms with Gasteiger partial charge in [0.15, 0.2) is 0 Å². The molecule has 1 aromatic carbocycles. The van der Waals surface area contributed by atoms with E-state index in [9.17, 15) is 4.79 Å². The van der Waals surface area contributed by atoms with Gasteiger partial charge >= 0.3 is 0 Å². The average Bonchev–Trinajstić information content (AvgIpc) is 3.57. The zero-order chi connectivity index (χ0) is 21.5. The molecule has 0 atom stereocenters. The minimum Gasteiger partial charge on any atom is -0.337 e. The number of aromatic nitrogens is 2. The molecule has 2 aliphatic rings. The minimum atomic E-state index is 0.157. The van der Waals surface area contributed by atoms with Crippen LogP contribution in [0.1, 0.15) is 63.1 Å². The Balaban J connectivity index is 1.32. The minimum absolute atomic E-state index is 0.157. The van der Waals surface area contributed by atoms with Crippen LogP contribution in [-0.4, -0.2) is 51.9 Å². The second-order valence-electron chi connectivity index (χ2n) is 9.09. The Hall–Kier alpha value is -2.31. The Bertz CT molecular complexity index is 1120. The van der Waals surface area contributed by atoms with E-state index in [2.05, 4.69) is 49.9 Å². The van der Waals surface area contributed by atoms with Crippen molar-refractivity contribution in [3.63, 3.8) is 0 Å². The van der Waals surface area contributed by atoms with Crippen LogP contribution in [0.5, 0.6) is 0 Å². The predicted octanol–water partition coefficient (Wildman–Crippen LogP) is 4.84. The lowest BCUT2D eigenvalue weighted by molar-refractivity contribution is 0.0765. The summed E-state index contributed by atoms with van der Waals surface area (Å²) in [6.45, 7) is 10.7. The first-order valence-corrected chi connectivity index (χ1v) is 12.2. The van der Waals surface area contributed by atoms with Crippen LogP contribution in [0.4, 0.5) is 0 Å². The highest BCUT2D eigenvalue weighted by Crippen LogP contribution is 2.40. The monoisotopic (exact) mass is 434 g/mol. The summed E-state index contributed by atoms with van der Waals surface area (Å²) in [5.74, 6) is 1.65. The zero-order valence-electron chi connectivity index (χ0n) is 18.6. The molecule has 1 saturated carbocycles. The van der Waals surface area contributed by atoms with Gasteiger partial charge in [-0.3, -0.25) is 9.69 Å². The van der Waals surface area contributed by atoms with Gasteiger partial charge in [-0.1, -0.05) is 29.8 Å². The third kappa shape index (κ3) is 4.23. The largest absolute Gasteiger partial charge is 0.337 e. The summed E-state index contributed by atoms with van der Waals surface area (Å²) in [5.41, 5.74) is 4.69. The Labute approximate surface area is 188 Å². The smallest absolute Gasteiger partial charge is 0.264 e. The molecule has 0 bridgehead atoms. The molecule has 0 N–H and O–H groups in total. The van der Waals surface area contributed by atoms with Crippen molar-refractivity contribution in [2.24, 2.45) is 0 Å². The molecule has 0 spiro atoms. The van der Waals surface area contributed by atoms with Crippen molar-refractivity contribution < 1.29 is 4.79 Å². The molecule has 5 nitrogen and oxygen atoms in total. The lowest BCUT2D eigenvalue weighted by atomic mass is 10.1. The fourth-order valence-electron chi connectivity index (χ4n) is 4.52. The van der Waals surface area contributed by atoms with Gasteiger partial charge in [-0.25, -0.2) is 9.97 Å². The number of hydrogen-bond acceptors (Lipinski definition) is 5. The first-order valence-electron chi connectivity index (χ1n) is 11.3. The molecule has 0 unspecified atom stereocenters. The number of amides is 1. The summed E-state index contributed by atoms with van der Waals surface area (Å²) < 4.78 is 0. The summed E-state index contributed by atoms with van der Waals surface area (Å²) in [5, 5.41) is 1.08. The van der Waals surface area contributed by atoms with Gasteiger partial charge in [0.2, 0.25) is 0 Å². The SMILES string of the molecule is Cc1ccc(CN2CCCN(C(=O)c3sc4nc(C5CC5)nc(C)c4c3C)CC2)cc1. The first kappa shape index (κ1) is 20.6. The summed E-state index contributed by atoms with van der Waals surface area (Å²) in [7, 11) is 0. The topological polar surface area (TPSA) is 49.3 Å². The standard InChI is InChI=1S/C25H30N4OS/c1-16-5-7-19(8-6-16)15-28-11-4-12-29(14-13-28)25(30)22-17(2)21-18(3)26-23(20-9-10-20)27-24(21)31-22/h5-8,20H,4,9-15H2,1-3H3. The highest BCUT2D eigenvalue weighted by atomic mass is 32.1. The lowest BCUT2D eigenvalue weighted by Crippen LogP contribution is -2.35. The molecular formula is C25H30N4OS. The van der Waals surface area contributed by atoms with Gasteiger partial charge in [0.1, 0.15) is 10.7 Å². The molecule has 31 heavy (non-hydrogen) atoms. The van der Waals surface area contributed by atoms with Gasteiger partial charge in [0, 0.05) is 44.0 Å². The number of hydrogen-bond donors (Lipinski definition) is 0. The number of carbonyl (C=O) groups is 1. The molecule has 6 heteroatoms. The van der Waals surface area contributed by atoms with E-state index in [1.807, 2.05) is 4.90 Å². The Morgan fingerprint density at radius 3 is 2.55 bits per heavy atom. The molecule has 3 aromatic rings. The van der Waals surface area contributed by atoms with Gasteiger partial charge in [0.05, 0.1) is 10.6 Å². The predicted molar refractivity (Wildman–Crippen MR) is 126 cm³/mol. The van der Waals surface area contributed by atoms with Crippen molar-refractivity contribution in [3.8, 4) is 0 Å². The van der Waals surface area contributed by atoms with E-state index in [0.717, 1.165) is 71.3 Å². The molecule has 1 saturated heterocycles. The number of thiophene rings is 1. The second-order valence-corrected chi connectivity index (χ2v) is 10.1. The van der Waals surface area contributed by atoms with Crippen LogP contribution in [0.15, 0.2) is 24.3 Å². The quantitative estimate of drug-likeness (QED) is 0.589. The van der Waals surface area contributed by atoms with Crippen LogP contribution >= 0.6 is 11.3 Å². The van der Waals surface area contributed by atoms with Gasteiger partial charge in [-0.15, -0.1) is 11.3 Å². The van der Waals surface area contributed by atoms with E-state index in [1.165, 1.54) is 24.0 Å². The van der Waals surface area contributed by atoms with E-state index in [0.29, 0.717) is 5.92 Å². The Morgan fingerprint density at radius 1 is 1.03 bits per heavy atom. The maximum absolute atomic E-state index is 13.5. The lowest BCUT2D eigenvalue weighted by Gasteiger charge is -2.22. The van der Waals surface area contributed by atoms with Crippen LogP contribution in [-0.2, 0) is 6.54 Å². The highest BCUT2D eigenvalue weighted by molar-refractivity contribution is 7.20. The Morgan fingerprint density at radius 2 is 1.81 bits per heavy atom. The number of rotatable bonds is 4. The molecule has 0 radical (unpaired) electrons. The summed E-state index contributed by atoms with van der Waals surface area (Å²) in [6.07, 6.45) is 3.38. The number of nitrogens with zero attached hydrogens (tertiary/aromatic N) is 4. The summed E-state index contributed by atoms with van der Waals surface area (Å²) in [4.78, 5) is 29.3. The van der Waals surface area contributed by atoms with Crippen molar-refractivity contribution >= 4 is 27.5 Å². The van der Waals surface area contributed by atoms with Crippen LogP contribution in [0.3, 0.4) is 0 Å². The average molecular weight is 435 g/mol. The van der Waals surface area contributed by atoms with Crippen molar-refractivity contribution in [1.82, 2.24) is 19.8 Å². The van der Waals surface area contributed by atoms with Crippen molar-refractivity contribution in [2.45, 2.75) is 52.5 Å². The van der Waals surface area contributed by atoms with Crippen LogP contribution < -0.4 is 0 Å². The number of benzene rings is 1. The summed E-state index contributed by atoms with van der Waals surface area (Å²) in [6, 6.07) is 8.77. The fourth-order valence-corrected chi connectivity index (χ4v) is 5.72. The van der Waals surface area contributed by atoms with E-state index in [-0.39, 0.29) is 5.91 Å². The molecule has 1 aliphatic heterocycles. The van der Waals surface area contributed by atoms with Crippen LogP contribution in [0.2, 0.25) is 0 Å². The van der Waals surface area contributed by atoms with E-state index in [1.54, 1.807) is 11.3 Å². The first-order chi connectivity index (χ1) is 15.0. The van der Waals surface area contributed by atoms with E-state index >= 15 is 0 Å². The van der Waals surface area contributed by atoms with Gasteiger partial charge in [-0.2, -0.15) is 0 Å². The van der Waals surface area contributed by atoms with Crippen molar-refractivity contribution in [3.05, 3.63) is 57.4 Å². The fraction of sp³-hybridized carbons (Fsp3) is 0.480. The Kier molecular flexibility index (Phi) is 5.52. The molecule has 162 valence electrons. The number of carbonyl (C=O) groups excluding carboxylic acids is 1. The molecular weight excluding hydrogens is 404 g/mol.